The molecule has 0 atom stereocenters. The molecule has 104 valence electrons. The Hall–Kier alpha value is -2.14. The van der Waals surface area contributed by atoms with E-state index < -0.39 is 5.97 Å². The van der Waals surface area contributed by atoms with Gasteiger partial charge in [0.1, 0.15) is 0 Å². The summed E-state index contributed by atoms with van der Waals surface area (Å²) in [6.45, 7) is 5.57. The zero-order valence-electron chi connectivity index (χ0n) is 11.5. The van der Waals surface area contributed by atoms with Crippen LogP contribution in [0.4, 0.5) is 5.69 Å². The van der Waals surface area contributed by atoms with Crippen molar-refractivity contribution in [3.05, 3.63) is 50.7 Å². The number of benzene rings is 1. The second-order valence-corrected chi connectivity index (χ2v) is 6.08. The highest BCUT2D eigenvalue weighted by molar-refractivity contribution is 7.12. The summed E-state index contributed by atoms with van der Waals surface area (Å²) >= 11 is 1.58. The molecule has 1 aromatic carbocycles. The van der Waals surface area contributed by atoms with E-state index in [1.54, 1.807) is 30.4 Å². The van der Waals surface area contributed by atoms with Gasteiger partial charge in [0.05, 0.1) is 11.1 Å². The molecule has 0 aliphatic rings. The molecule has 1 aromatic heterocycles. The van der Waals surface area contributed by atoms with Gasteiger partial charge in [0.15, 0.2) is 0 Å². The molecule has 2 rings (SSSR count). The molecule has 2 aromatic rings. The van der Waals surface area contributed by atoms with E-state index in [2.05, 4.69) is 5.32 Å². The van der Waals surface area contributed by atoms with E-state index in [0.717, 1.165) is 9.75 Å². The summed E-state index contributed by atoms with van der Waals surface area (Å²) < 4.78 is 0. The van der Waals surface area contributed by atoms with Gasteiger partial charge in [-0.2, -0.15) is 0 Å². The van der Waals surface area contributed by atoms with Crippen LogP contribution in [-0.2, 0) is 0 Å². The van der Waals surface area contributed by atoms with Gasteiger partial charge in [-0.15, -0.1) is 11.3 Å². The Labute approximate surface area is 121 Å². The standard InChI is InChI=1S/C15H15NO3S/c1-8-6-11(4-5-12(8)15(18)19)16-14(17)13-7-9(2)20-10(13)3/h4-7H,1-3H3,(H,16,17)(H,18,19). The van der Waals surface area contributed by atoms with Gasteiger partial charge in [-0.05, 0) is 50.6 Å². The number of thiophene rings is 1. The molecule has 2 N–H and O–H groups in total. The van der Waals surface area contributed by atoms with Crippen molar-refractivity contribution >= 4 is 28.9 Å². The summed E-state index contributed by atoms with van der Waals surface area (Å²) in [7, 11) is 0. The zero-order chi connectivity index (χ0) is 14.9. The Balaban J connectivity index is 2.22. The third kappa shape index (κ3) is 2.88. The first kappa shape index (κ1) is 14.3. The van der Waals surface area contributed by atoms with Crippen molar-refractivity contribution in [1.29, 1.82) is 0 Å². The lowest BCUT2D eigenvalue weighted by atomic mass is 10.1. The molecule has 1 heterocycles. The van der Waals surface area contributed by atoms with Crippen molar-refractivity contribution in [2.45, 2.75) is 20.8 Å². The topological polar surface area (TPSA) is 66.4 Å². The van der Waals surface area contributed by atoms with Crippen LogP contribution in [0.3, 0.4) is 0 Å². The minimum atomic E-state index is -0.968. The van der Waals surface area contributed by atoms with Crippen molar-refractivity contribution in [1.82, 2.24) is 0 Å². The average Bonchev–Trinajstić information content (AvgIpc) is 2.68. The van der Waals surface area contributed by atoms with Crippen LogP contribution in [0.1, 0.15) is 36.0 Å². The van der Waals surface area contributed by atoms with E-state index in [1.807, 2.05) is 19.9 Å². The number of aromatic carboxylic acids is 1. The zero-order valence-corrected chi connectivity index (χ0v) is 12.3. The summed E-state index contributed by atoms with van der Waals surface area (Å²) in [6.07, 6.45) is 0. The lowest BCUT2D eigenvalue weighted by Crippen LogP contribution is -2.12. The van der Waals surface area contributed by atoms with Crippen molar-refractivity contribution in [2.75, 3.05) is 5.32 Å². The van der Waals surface area contributed by atoms with Crippen LogP contribution in [0.5, 0.6) is 0 Å². The molecular weight excluding hydrogens is 274 g/mol. The number of rotatable bonds is 3. The maximum atomic E-state index is 12.2. The second-order valence-electron chi connectivity index (χ2n) is 4.62. The van der Waals surface area contributed by atoms with Crippen molar-refractivity contribution < 1.29 is 14.7 Å². The summed E-state index contributed by atoms with van der Waals surface area (Å²) in [5.41, 5.74) is 2.12. The SMILES string of the molecule is Cc1cc(C(=O)Nc2ccc(C(=O)O)c(C)c2)c(C)s1. The monoisotopic (exact) mass is 289 g/mol. The normalized spacial score (nSPS) is 10.3. The second kappa shape index (κ2) is 5.46. The van der Waals surface area contributed by atoms with Gasteiger partial charge in [0.25, 0.3) is 5.91 Å². The maximum Gasteiger partial charge on any atom is 0.335 e. The Bertz CT molecular complexity index is 688. The average molecular weight is 289 g/mol. The lowest BCUT2D eigenvalue weighted by molar-refractivity contribution is 0.0696. The molecule has 0 bridgehead atoms. The molecule has 0 radical (unpaired) electrons. The first-order valence-corrected chi connectivity index (χ1v) is 6.92. The maximum absolute atomic E-state index is 12.2. The molecule has 1 amide bonds. The van der Waals surface area contributed by atoms with Crippen molar-refractivity contribution in [3.63, 3.8) is 0 Å². The van der Waals surface area contributed by atoms with E-state index in [-0.39, 0.29) is 11.5 Å². The van der Waals surface area contributed by atoms with Crippen molar-refractivity contribution in [2.24, 2.45) is 0 Å². The van der Waals surface area contributed by atoms with Gasteiger partial charge in [0, 0.05) is 15.4 Å². The number of anilines is 1. The number of hydrogen-bond donors (Lipinski definition) is 2. The van der Waals surface area contributed by atoms with Gasteiger partial charge < -0.3 is 10.4 Å². The number of hydrogen-bond acceptors (Lipinski definition) is 3. The highest BCUT2D eigenvalue weighted by Gasteiger charge is 2.13. The highest BCUT2D eigenvalue weighted by atomic mass is 32.1. The van der Waals surface area contributed by atoms with E-state index in [9.17, 15) is 9.59 Å². The van der Waals surface area contributed by atoms with Crippen LogP contribution in [-0.4, -0.2) is 17.0 Å². The number of carboxylic acids is 1. The molecule has 0 aliphatic carbocycles. The van der Waals surface area contributed by atoms with E-state index >= 15 is 0 Å². The lowest BCUT2D eigenvalue weighted by Gasteiger charge is -2.07. The number of amides is 1. The van der Waals surface area contributed by atoms with Crippen LogP contribution >= 0.6 is 11.3 Å². The molecule has 0 saturated carbocycles. The number of nitrogens with one attached hydrogen (secondary N) is 1. The largest absolute Gasteiger partial charge is 0.478 e. The van der Waals surface area contributed by atoms with Gasteiger partial charge in [-0.25, -0.2) is 4.79 Å². The van der Waals surface area contributed by atoms with Gasteiger partial charge in [0.2, 0.25) is 0 Å². The highest BCUT2D eigenvalue weighted by Crippen LogP contribution is 2.22. The number of carboxylic acid groups (broad SMARTS) is 1. The van der Waals surface area contributed by atoms with Gasteiger partial charge >= 0.3 is 5.97 Å². The number of aryl methyl sites for hydroxylation is 3. The van der Waals surface area contributed by atoms with Gasteiger partial charge in [-0.1, -0.05) is 0 Å². The summed E-state index contributed by atoms with van der Waals surface area (Å²) in [6, 6.07) is 6.62. The third-order valence-corrected chi connectivity index (χ3v) is 3.97. The minimum Gasteiger partial charge on any atom is -0.478 e. The summed E-state index contributed by atoms with van der Waals surface area (Å²) in [5.74, 6) is -1.14. The van der Waals surface area contributed by atoms with E-state index in [0.29, 0.717) is 16.8 Å². The minimum absolute atomic E-state index is 0.172. The van der Waals surface area contributed by atoms with Crippen LogP contribution in [0.25, 0.3) is 0 Å². The van der Waals surface area contributed by atoms with E-state index in [4.69, 9.17) is 5.11 Å². The molecule has 0 spiro atoms. The predicted octanol–water partition coefficient (Wildman–Crippen LogP) is 3.62. The van der Waals surface area contributed by atoms with Crippen molar-refractivity contribution in [3.8, 4) is 0 Å². The quantitative estimate of drug-likeness (QED) is 0.906. The molecule has 4 nitrogen and oxygen atoms in total. The Morgan fingerprint density at radius 3 is 2.30 bits per heavy atom. The van der Waals surface area contributed by atoms with Crippen LogP contribution in [0.15, 0.2) is 24.3 Å². The van der Waals surface area contributed by atoms with Crippen LogP contribution in [0, 0.1) is 20.8 Å². The van der Waals surface area contributed by atoms with Crippen LogP contribution < -0.4 is 5.32 Å². The molecule has 0 saturated heterocycles. The smallest absolute Gasteiger partial charge is 0.335 e. The molecule has 0 fully saturated rings. The van der Waals surface area contributed by atoms with E-state index in [1.165, 1.54) is 6.07 Å². The first-order chi connectivity index (χ1) is 9.38. The Morgan fingerprint density at radius 2 is 1.80 bits per heavy atom. The third-order valence-electron chi connectivity index (χ3n) is 3.00. The Kier molecular flexibility index (Phi) is 3.90. The number of carbonyl (C=O) groups excluding carboxylic acids is 1. The summed E-state index contributed by atoms with van der Waals surface area (Å²) in [5, 5.41) is 11.8. The molecule has 5 heteroatoms. The summed E-state index contributed by atoms with van der Waals surface area (Å²) in [4.78, 5) is 25.2. The molecular formula is C15H15NO3S. The fourth-order valence-electron chi connectivity index (χ4n) is 2.04. The first-order valence-electron chi connectivity index (χ1n) is 6.11. The van der Waals surface area contributed by atoms with Crippen LogP contribution in [0.2, 0.25) is 0 Å². The molecule has 20 heavy (non-hydrogen) atoms. The van der Waals surface area contributed by atoms with Gasteiger partial charge in [-0.3, -0.25) is 4.79 Å². The Morgan fingerprint density at radius 1 is 1.10 bits per heavy atom. The fraction of sp³-hybridized carbons (Fsp3) is 0.200. The molecule has 0 aliphatic heterocycles. The fourth-order valence-corrected chi connectivity index (χ4v) is 2.96. The number of carbonyl (C=O) groups is 2. The predicted molar refractivity (Wildman–Crippen MR) is 79.9 cm³/mol. The molecule has 0 unspecified atom stereocenters.